The topological polar surface area (TPSA) is 67.0 Å². The summed E-state index contributed by atoms with van der Waals surface area (Å²) in [6, 6.07) is 7.21. The van der Waals surface area contributed by atoms with Crippen molar-refractivity contribution in [1.29, 1.82) is 0 Å². The quantitative estimate of drug-likeness (QED) is 0.905. The lowest BCUT2D eigenvalue weighted by Crippen LogP contribution is -2.32. The Morgan fingerprint density at radius 3 is 2.95 bits per heavy atom. The summed E-state index contributed by atoms with van der Waals surface area (Å²) in [4.78, 5) is 19.2. The van der Waals surface area contributed by atoms with Gasteiger partial charge in [0.2, 0.25) is 0 Å². The van der Waals surface area contributed by atoms with Crippen molar-refractivity contribution < 1.29 is 4.74 Å². The van der Waals surface area contributed by atoms with Crippen LogP contribution in [0.15, 0.2) is 29.1 Å². The molecule has 0 spiro atoms. The van der Waals surface area contributed by atoms with Gasteiger partial charge >= 0.3 is 0 Å². The highest BCUT2D eigenvalue weighted by Crippen LogP contribution is 2.23. The highest BCUT2D eigenvalue weighted by Gasteiger charge is 2.15. The predicted octanol–water partition coefficient (Wildman–Crippen LogP) is 2.07. The number of aromatic amines is 1. The van der Waals surface area contributed by atoms with Crippen LogP contribution in [0.1, 0.15) is 17.1 Å². The first-order valence-corrected chi connectivity index (χ1v) is 6.81. The maximum atomic E-state index is 12.0. The first-order valence-electron chi connectivity index (χ1n) is 6.43. The van der Waals surface area contributed by atoms with Crippen molar-refractivity contribution in [2.45, 2.75) is 19.6 Å². The average Bonchev–Trinajstić information content (AvgIpc) is 2.46. The first kappa shape index (κ1) is 15.8. The molecule has 0 unspecified atom stereocenters. The lowest BCUT2D eigenvalue weighted by molar-refractivity contribution is 0.294. The van der Waals surface area contributed by atoms with Crippen LogP contribution in [0.25, 0.3) is 0 Å². The molecule has 0 radical (unpaired) electrons. The largest absolute Gasteiger partial charge is 0.484 e. The minimum Gasteiger partial charge on any atom is -0.484 e. The molecule has 2 aromatic rings. The zero-order valence-electron chi connectivity index (χ0n) is 11.2. The third-order valence-corrected chi connectivity index (χ3v) is 3.51. The third-order valence-electron chi connectivity index (χ3n) is 3.20. The van der Waals surface area contributed by atoms with E-state index in [1.807, 2.05) is 12.1 Å². The molecule has 1 aromatic carbocycles. The molecule has 0 fully saturated rings. The van der Waals surface area contributed by atoms with Crippen molar-refractivity contribution in [2.75, 3.05) is 6.54 Å². The van der Waals surface area contributed by atoms with E-state index in [1.165, 1.54) is 0 Å². The van der Waals surface area contributed by atoms with Crippen LogP contribution in [-0.2, 0) is 19.6 Å². The van der Waals surface area contributed by atoms with Crippen LogP contribution in [-0.4, -0.2) is 16.5 Å². The number of nitrogens with zero attached hydrogens (tertiary/aromatic N) is 1. The highest BCUT2D eigenvalue weighted by molar-refractivity contribution is 6.32. The van der Waals surface area contributed by atoms with Gasteiger partial charge in [-0.3, -0.25) is 4.79 Å². The van der Waals surface area contributed by atoms with Gasteiger partial charge in [-0.1, -0.05) is 23.7 Å². The van der Waals surface area contributed by atoms with Gasteiger partial charge < -0.3 is 15.0 Å². The minimum absolute atomic E-state index is 0. The summed E-state index contributed by atoms with van der Waals surface area (Å²) < 4.78 is 5.58. The molecule has 21 heavy (non-hydrogen) atoms. The predicted molar refractivity (Wildman–Crippen MR) is 83.3 cm³/mol. The van der Waals surface area contributed by atoms with Gasteiger partial charge in [-0.25, -0.2) is 4.98 Å². The molecule has 0 saturated heterocycles. The molecule has 7 heteroatoms. The summed E-state index contributed by atoms with van der Waals surface area (Å²) in [6.45, 7) is 1.62. The number of benzene rings is 1. The second-order valence-corrected chi connectivity index (χ2v) is 4.99. The Labute approximate surface area is 133 Å². The SMILES string of the molecule is Cl.O=c1[nH]c(COc2ccccc2Cl)nc2c1CCNC2. The summed E-state index contributed by atoms with van der Waals surface area (Å²) in [5.74, 6) is 1.09. The van der Waals surface area contributed by atoms with Crippen molar-refractivity contribution in [1.82, 2.24) is 15.3 Å². The molecule has 5 nitrogen and oxygen atoms in total. The van der Waals surface area contributed by atoms with Crippen molar-refractivity contribution in [3.8, 4) is 5.75 Å². The smallest absolute Gasteiger partial charge is 0.254 e. The third kappa shape index (κ3) is 3.56. The Kier molecular flexibility index (Phi) is 5.22. The van der Waals surface area contributed by atoms with Crippen LogP contribution in [0.2, 0.25) is 5.02 Å². The number of aromatic nitrogens is 2. The first-order chi connectivity index (χ1) is 9.74. The van der Waals surface area contributed by atoms with Gasteiger partial charge in [-0.05, 0) is 25.1 Å². The summed E-state index contributed by atoms with van der Waals surface area (Å²) in [7, 11) is 0. The van der Waals surface area contributed by atoms with Gasteiger partial charge in [0.25, 0.3) is 5.56 Å². The van der Waals surface area contributed by atoms with Crippen LogP contribution < -0.4 is 15.6 Å². The van der Waals surface area contributed by atoms with E-state index >= 15 is 0 Å². The Morgan fingerprint density at radius 2 is 2.14 bits per heavy atom. The molecule has 1 aliphatic rings. The Morgan fingerprint density at radius 1 is 1.33 bits per heavy atom. The maximum Gasteiger partial charge on any atom is 0.254 e. The zero-order chi connectivity index (χ0) is 13.9. The van der Waals surface area contributed by atoms with Crippen LogP contribution >= 0.6 is 24.0 Å². The van der Waals surface area contributed by atoms with Gasteiger partial charge in [0, 0.05) is 12.1 Å². The van der Waals surface area contributed by atoms with Gasteiger partial charge in [-0.15, -0.1) is 12.4 Å². The second-order valence-electron chi connectivity index (χ2n) is 4.58. The molecule has 112 valence electrons. The number of para-hydroxylation sites is 1. The van der Waals surface area contributed by atoms with Crippen LogP contribution in [0.3, 0.4) is 0 Å². The number of rotatable bonds is 3. The molecule has 0 amide bonds. The maximum absolute atomic E-state index is 12.0. The number of hydrogen-bond acceptors (Lipinski definition) is 4. The highest BCUT2D eigenvalue weighted by atomic mass is 35.5. The van der Waals surface area contributed by atoms with Crippen molar-refractivity contribution in [2.24, 2.45) is 0 Å². The summed E-state index contributed by atoms with van der Waals surface area (Å²) in [5, 5.41) is 3.74. The number of H-pyrrole nitrogens is 1. The van der Waals surface area contributed by atoms with E-state index in [1.54, 1.807) is 12.1 Å². The average molecular weight is 328 g/mol. The van der Waals surface area contributed by atoms with Crippen molar-refractivity contribution >= 4 is 24.0 Å². The van der Waals surface area contributed by atoms with Crippen LogP contribution in [0.5, 0.6) is 5.75 Å². The van der Waals surface area contributed by atoms with Gasteiger partial charge in [0.15, 0.2) is 0 Å². The van der Waals surface area contributed by atoms with E-state index in [0.29, 0.717) is 29.6 Å². The van der Waals surface area contributed by atoms with E-state index in [9.17, 15) is 4.79 Å². The Bertz CT molecular complexity index is 688. The standard InChI is InChI=1S/C14H14ClN3O2.ClH/c15-10-3-1-2-4-12(10)20-8-13-17-11-7-16-6-5-9(11)14(19)18-13;/h1-4,16H,5-8H2,(H,17,18,19);1H. The molecule has 2 heterocycles. The number of hydrogen-bond donors (Lipinski definition) is 2. The van der Waals surface area contributed by atoms with Crippen molar-refractivity contribution in [3.63, 3.8) is 0 Å². The summed E-state index contributed by atoms with van der Waals surface area (Å²) in [6.07, 6.45) is 0.712. The van der Waals surface area contributed by atoms with E-state index in [-0.39, 0.29) is 24.6 Å². The molecule has 1 aliphatic heterocycles. The molecular formula is C14H15Cl2N3O2. The van der Waals surface area contributed by atoms with E-state index in [4.69, 9.17) is 16.3 Å². The fourth-order valence-electron chi connectivity index (χ4n) is 2.20. The monoisotopic (exact) mass is 327 g/mol. The zero-order valence-corrected chi connectivity index (χ0v) is 12.8. The normalized spacial score (nSPS) is 13.2. The van der Waals surface area contributed by atoms with E-state index in [0.717, 1.165) is 17.8 Å². The molecule has 2 N–H and O–H groups in total. The molecule has 0 bridgehead atoms. The lowest BCUT2D eigenvalue weighted by atomic mass is 10.1. The number of nitrogens with one attached hydrogen (secondary N) is 2. The number of ether oxygens (including phenoxy) is 1. The minimum atomic E-state index is -0.0748. The lowest BCUT2D eigenvalue weighted by Gasteiger charge is -2.16. The number of halogens is 2. The Balaban J connectivity index is 0.00000161. The fraction of sp³-hybridized carbons (Fsp3) is 0.286. The molecule has 0 atom stereocenters. The second kappa shape index (κ2) is 6.93. The fourth-order valence-corrected chi connectivity index (χ4v) is 2.39. The van der Waals surface area contributed by atoms with Gasteiger partial charge in [0.05, 0.1) is 10.7 Å². The van der Waals surface area contributed by atoms with E-state index in [2.05, 4.69) is 15.3 Å². The number of fused-ring (bicyclic) bond motifs is 1. The van der Waals surface area contributed by atoms with Crippen molar-refractivity contribution in [3.05, 3.63) is 56.7 Å². The summed E-state index contributed by atoms with van der Waals surface area (Å²) in [5.41, 5.74) is 1.50. The molecule has 0 saturated carbocycles. The van der Waals surface area contributed by atoms with E-state index < -0.39 is 0 Å². The van der Waals surface area contributed by atoms with Gasteiger partial charge in [-0.2, -0.15) is 0 Å². The molecular weight excluding hydrogens is 313 g/mol. The Hall–Kier alpha value is -1.56. The molecule has 1 aromatic heterocycles. The summed E-state index contributed by atoms with van der Waals surface area (Å²) >= 11 is 6.01. The van der Waals surface area contributed by atoms with Crippen LogP contribution in [0, 0.1) is 0 Å². The molecule has 3 rings (SSSR count). The van der Waals surface area contributed by atoms with Gasteiger partial charge in [0.1, 0.15) is 18.2 Å². The van der Waals surface area contributed by atoms with Crippen LogP contribution in [0.4, 0.5) is 0 Å². The molecule has 0 aliphatic carbocycles.